The standard InChI is InChI=1S/C15H30N4O/c1-11-5-4-6-13(14(11)16)15(20)17-9-12-10-18(2)7-8-19(12)3/h11-14H,4-10,16H2,1-3H3,(H,17,20). The van der Waals surface area contributed by atoms with Crippen LogP contribution in [0.3, 0.4) is 0 Å². The van der Waals surface area contributed by atoms with Gasteiger partial charge in [-0.15, -0.1) is 0 Å². The molecule has 1 saturated heterocycles. The average molecular weight is 282 g/mol. The number of carbonyl (C=O) groups is 1. The summed E-state index contributed by atoms with van der Waals surface area (Å²) in [5.41, 5.74) is 6.20. The Morgan fingerprint density at radius 3 is 2.80 bits per heavy atom. The van der Waals surface area contributed by atoms with Crippen molar-refractivity contribution in [1.82, 2.24) is 15.1 Å². The third-order valence-electron chi connectivity index (χ3n) is 5.13. The van der Waals surface area contributed by atoms with E-state index < -0.39 is 0 Å². The van der Waals surface area contributed by atoms with Gasteiger partial charge in [-0.2, -0.15) is 0 Å². The van der Waals surface area contributed by atoms with E-state index in [2.05, 4.69) is 36.1 Å². The summed E-state index contributed by atoms with van der Waals surface area (Å²) in [5, 5.41) is 3.14. The zero-order valence-corrected chi connectivity index (χ0v) is 13.1. The summed E-state index contributed by atoms with van der Waals surface area (Å²) in [7, 11) is 4.28. The molecule has 1 heterocycles. The molecule has 1 amide bonds. The van der Waals surface area contributed by atoms with Crippen LogP contribution in [0.25, 0.3) is 0 Å². The van der Waals surface area contributed by atoms with Crippen LogP contribution in [-0.2, 0) is 4.79 Å². The summed E-state index contributed by atoms with van der Waals surface area (Å²) >= 11 is 0. The van der Waals surface area contributed by atoms with Crippen molar-refractivity contribution in [2.45, 2.75) is 38.3 Å². The summed E-state index contributed by atoms with van der Waals surface area (Å²) in [5.74, 6) is 0.624. The number of nitrogens with zero attached hydrogens (tertiary/aromatic N) is 2. The first-order chi connectivity index (χ1) is 9.49. The first kappa shape index (κ1) is 15.7. The Bertz CT molecular complexity index is 336. The van der Waals surface area contributed by atoms with Crippen LogP contribution in [0.2, 0.25) is 0 Å². The fraction of sp³-hybridized carbons (Fsp3) is 0.933. The van der Waals surface area contributed by atoms with Gasteiger partial charge in [0.05, 0.1) is 5.92 Å². The summed E-state index contributed by atoms with van der Waals surface area (Å²) in [6.45, 7) is 6.08. The zero-order valence-electron chi connectivity index (χ0n) is 13.1. The van der Waals surface area contributed by atoms with Crippen molar-refractivity contribution in [2.24, 2.45) is 17.6 Å². The number of amides is 1. The van der Waals surface area contributed by atoms with E-state index in [0.29, 0.717) is 12.0 Å². The van der Waals surface area contributed by atoms with Crippen LogP contribution in [-0.4, -0.2) is 68.1 Å². The van der Waals surface area contributed by atoms with Crippen molar-refractivity contribution >= 4 is 5.91 Å². The molecule has 1 saturated carbocycles. The van der Waals surface area contributed by atoms with Gasteiger partial charge in [-0.1, -0.05) is 13.3 Å². The minimum atomic E-state index is 0.00498. The quantitative estimate of drug-likeness (QED) is 0.771. The SMILES string of the molecule is CC1CCCC(C(=O)NCC2CN(C)CCN2C)C1N. The van der Waals surface area contributed by atoms with Crippen LogP contribution in [0.15, 0.2) is 0 Å². The van der Waals surface area contributed by atoms with Gasteiger partial charge < -0.3 is 16.0 Å². The van der Waals surface area contributed by atoms with Gasteiger partial charge in [0.2, 0.25) is 5.91 Å². The Morgan fingerprint density at radius 1 is 1.30 bits per heavy atom. The summed E-state index contributed by atoms with van der Waals surface area (Å²) in [4.78, 5) is 17.0. The molecule has 20 heavy (non-hydrogen) atoms. The molecule has 4 unspecified atom stereocenters. The van der Waals surface area contributed by atoms with Crippen LogP contribution in [0.1, 0.15) is 26.2 Å². The van der Waals surface area contributed by atoms with E-state index in [4.69, 9.17) is 5.73 Å². The minimum absolute atomic E-state index is 0.00498. The average Bonchev–Trinajstić information content (AvgIpc) is 2.42. The third-order valence-corrected chi connectivity index (χ3v) is 5.13. The van der Waals surface area contributed by atoms with Gasteiger partial charge in [-0.25, -0.2) is 0 Å². The predicted molar refractivity (Wildman–Crippen MR) is 81.4 cm³/mol. The molecule has 0 bridgehead atoms. The molecule has 2 aliphatic rings. The molecule has 5 nitrogen and oxygen atoms in total. The van der Waals surface area contributed by atoms with Gasteiger partial charge in [0.25, 0.3) is 0 Å². The normalized spacial score (nSPS) is 36.8. The van der Waals surface area contributed by atoms with Crippen molar-refractivity contribution in [3.05, 3.63) is 0 Å². The van der Waals surface area contributed by atoms with Crippen LogP contribution < -0.4 is 11.1 Å². The van der Waals surface area contributed by atoms with E-state index in [9.17, 15) is 4.79 Å². The first-order valence-corrected chi connectivity index (χ1v) is 7.91. The lowest BCUT2D eigenvalue weighted by atomic mass is 9.78. The highest BCUT2D eigenvalue weighted by molar-refractivity contribution is 5.79. The number of likely N-dealkylation sites (N-methyl/N-ethyl adjacent to an activating group) is 2. The van der Waals surface area contributed by atoms with Gasteiger partial charge in [0.1, 0.15) is 0 Å². The molecular weight excluding hydrogens is 252 g/mol. The van der Waals surface area contributed by atoms with Crippen LogP contribution in [0.4, 0.5) is 0 Å². The smallest absolute Gasteiger partial charge is 0.224 e. The first-order valence-electron chi connectivity index (χ1n) is 7.91. The Labute approximate surface area is 122 Å². The van der Waals surface area contributed by atoms with Gasteiger partial charge in [-0.05, 0) is 32.9 Å². The van der Waals surface area contributed by atoms with Crippen molar-refractivity contribution < 1.29 is 4.79 Å². The minimum Gasteiger partial charge on any atom is -0.354 e. The highest BCUT2D eigenvalue weighted by Crippen LogP contribution is 2.27. The maximum Gasteiger partial charge on any atom is 0.224 e. The largest absolute Gasteiger partial charge is 0.354 e. The fourth-order valence-corrected chi connectivity index (χ4v) is 3.42. The molecule has 3 N–H and O–H groups in total. The van der Waals surface area contributed by atoms with Gasteiger partial charge in [0, 0.05) is 38.3 Å². The van der Waals surface area contributed by atoms with E-state index in [1.54, 1.807) is 0 Å². The van der Waals surface area contributed by atoms with E-state index >= 15 is 0 Å². The van der Waals surface area contributed by atoms with E-state index in [1.807, 2.05) is 0 Å². The summed E-state index contributed by atoms with van der Waals surface area (Å²) < 4.78 is 0. The predicted octanol–water partition coefficient (Wildman–Crippen LogP) is 0.112. The molecule has 2 rings (SSSR count). The number of nitrogens with two attached hydrogens (primary N) is 1. The zero-order chi connectivity index (χ0) is 14.7. The number of piperazine rings is 1. The number of hydrogen-bond acceptors (Lipinski definition) is 4. The molecule has 0 radical (unpaired) electrons. The van der Waals surface area contributed by atoms with Crippen molar-refractivity contribution in [1.29, 1.82) is 0 Å². The second kappa shape index (κ2) is 6.87. The molecule has 4 atom stereocenters. The summed E-state index contributed by atoms with van der Waals surface area (Å²) in [6, 6.07) is 0.436. The summed E-state index contributed by atoms with van der Waals surface area (Å²) in [6.07, 6.45) is 3.22. The topological polar surface area (TPSA) is 61.6 Å². The van der Waals surface area contributed by atoms with E-state index in [-0.39, 0.29) is 17.9 Å². The lowest BCUT2D eigenvalue weighted by Crippen LogP contribution is -2.56. The van der Waals surface area contributed by atoms with Crippen LogP contribution in [0, 0.1) is 11.8 Å². The fourth-order valence-electron chi connectivity index (χ4n) is 3.42. The number of rotatable bonds is 3. The highest BCUT2D eigenvalue weighted by Gasteiger charge is 2.33. The number of hydrogen-bond donors (Lipinski definition) is 2. The Hall–Kier alpha value is -0.650. The third kappa shape index (κ3) is 3.71. The molecule has 1 aliphatic carbocycles. The van der Waals surface area contributed by atoms with Gasteiger partial charge in [-0.3, -0.25) is 9.69 Å². The maximum absolute atomic E-state index is 12.4. The molecule has 116 valence electrons. The molecule has 0 spiro atoms. The molecule has 0 aromatic heterocycles. The molecular formula is C15H30N4O. The lowest BCUT2D eigenvalue weighted by molar-refractivity contribution is -0.127. The van der Waals surface area contributed by atoms with Gasteiger partial charge >= 0.3 is 0 Å². The van der Waals surface area contributed by atoms with Crippen LogP contribution in [0.5, 0.6) is 0 Å². The Balaban J connectivity index is 1.82. The monoisotopic (exact) mass is 282 g/mol. The number of nitrogens with one attached hydrogen (secondary N) is 1. The molecule has 0 aromatic rings. The maximum atomic E-state index is 12.4. The Morgan fingerprint density at radius 2 is 2.05 bits per heavy atom. The highest BCUT2D eigenvalue weighted by atomic mass is 16.1. The lowest BCUT2D eigenvalue weighted by Gasteiger charge is -2.38. The molecule has 2 fully saturated rings. The van der Waals surface area contributed by atoms with Gasteiger partial charge in [0.15, 0.2) is 0 Å². The Kier molecular flexibility index (Phi) is 5.41. The molecule has 1 aliphatic heterocycles. The second-order valence-electron chi connectivity index (χ2n) is 6.73. The van der Waals surface area contributed by atoms with Crippen molar-refractivity contribution in [2.75, 3.05) is 40.3 Å². The molecule has 0 aromatic carbocycles. The molecule has 5 heteroatoms. The van der Waals surface area contributed by atoms with Crippen LogP contribution >= 0.6 is 0 Å². The van der Waals surface area contributed by atoms with Crippen molar-refractivity contribution in [3.8, 4) is 0 Å². The number of carbonyl (C=O) groups excluding carboxylic acids is 1. The van der Waals surface area contributed by atoms with Crippen molar-refractivity contribution in [3.63, 3.8) is 0 Å². The van der Waals surface area contributed by atoms with E-state index in [1.165, 1.54) is 0 Å². The van der Waals surface area contributed by atoms with E-state index in [0.717, 1.165) is 45.4 Å². The second-order valence-corrected chi connectivity index (χ2v) is 6.73.